The Bertz CT molecular complexity index is 439. The summed E-state index contributed by atoms with van der Waals surface area (Å²) in [7, 11) is 0. The highest BCUT2D eigenvalue weighted by Gasteiger charge is 2.09. The Morgan fingerprint density at radius 3 is 2.53 bits per heavy atom. The van der Waals surface area contributed by atoms with Gasteiger partial charge in [-0.2, -0.15) is 0 Å². The van der Waals surface area contributed by atoms with Gasteiger partial charge in [0.1, 0.15) is 0 Å². The minimum Gasteiger partial charge on any atom is -0.366 e. The minimum atomic E-state index is -0.496. The van der Waals surface area contributed by atoms with E-state index in [-0.39, 0.29) is 5.91 Å². The maximum absolute atomic E-state index is 11.6. The predicted octanol–water partition coefficient (Wildman–Crippen LogP) is 2.08. The summed E-state index contributed by atoms with van der Waals surface area (Å²) in [5, 5.41) is 2.79. The highest BCUT2D eigenvalue weighted by Crippen LogP contribution is 2.17. The first kappa shape index (κ1) is 13.2. The van der Waals surface area contributed by atoms with E-state index in [4.69, 9.17) is 5.73 Å². The van der Waals surface area contributed by atoms with Crippen molar-refractivity contribution in [2.75, 3.05) is 5.32 Å². The van der Waals surface area contributed by atoms with Crippen molar-refractivity contribution in [3.8, 4) is 0 Å². The molecule has 1 rings (SSSR count). The smallest absolute Gasteiger partial charge is 0.248 e. The summed E-state index contributed by atoms with van der Waals surface area (Å²) in [5.74, 6) is -0.247. The molecule has 92 valence electrons. The van der Waals surface area contributed by atoms with Crippen LogP contribution in [-0.4, -0.2) is 11.8 Å². The van der Waals surface area contributed by atoms with Gasteiger partial charge in [-0.1, -0.05) is 19.9 Å². The third-order valence-electron chi connectivity index (χ3n) is 2.39. The molecule has 2 amide bonds. The predicted molar refractivity (Wildman–Crippen MR) is 67.8 cm³/mol. The van der Waals surface area contributed by atoms with Crippen LogP contribution in [0.5, 0.6) is 0 Å². The number of amides is 2. The SMILES string of the molecule is Cc1ccc(C(N)=O)cc1NC(=O)CC(C)C. The van der Waals surface area contributed by atoms with Gasteiger partial charge in [0.15, 0.2) is 0 Å². The van der Waals surface area contributed by atoms with E-state index < -0.39 is 5.91 Å². The maximum Gasteiger partial charge on any atom is 0.248 e. The number of aryl methyl sites for hydroxylation is 1. The van der Waals surface area contributed by atoms with Crippen molar-refractivity contribution in [2.24, 2.45) is 11.7 Å². The van der Waals surface area contributed by atoms with Gasteiger partial charge in [-0.15, -0.1) is 0 Å². The first-order valence-corrected chi connectivity index (χ1v) is 5.60. The fourth-order valence-corrected chi connectivity index (χ4v) is 1.48. The summed E-state index contributed by atoms with van der Waals surface area (Å²) in [5.41, 5.74) is 7.15. The molecule has 1 aromatic rings. The summed E-state index contributed by atoms with van der Waals surface area (Å²) >= 11 is 0. The van der Waals surface area contributed by atoms with Crippen LogP contribution in [0, 0.1) is 12.8 Å². The summed E-state index contributed by atoms with van der Waals surface area (Å²) in [4.78, 5) is 22.7. The maximum atomic E-state index is 11.6. The Morgan fingerprint density at radius 2 is 2.00 bits per heavy atom. The van der Waals surface area contributed by atoms with Crippen molar-refractivity contribution >= 4 is 17.5 Å². The van der Waals surface area contributed by atoms with Gasteiger partial charge >= 0.3 is 0 Å². The second-order valence-corrected chi connectivity index (χ2v) is 4.54. The zero-order chi connectivity index (χ0) is 13.0. The van der Waals surface area contributed by atoms with Crippen molar-refractivity contribution < 1.29 is 9.59 Å². The van der Waals surface area contributed by atoms with E-state index >= 15 is 0 Å². The van der Waals surface area contributed by atoms with Gasteiger partial charge in [0, 0.05) is 17.7 Å². The monoisotopic (exact) mass is 234 g/mol. The molecule has 0 saturated carbocycles. The van der Waals surface area contributed by atoms with Crippen LogP contribution in [-0.2, 0) is 4.79 Å². The summed E-state index contributed by atoms with van der Waals surface area (Å²) in [6.45, 7) is 5.83. The number of primary amides is 1. The summed E-state index contributed by atoms with van der Waals surface area (Å²) in [6, 6.07) is 5.02. The van der Waals surface area contributed by atoms with E-state index in [0.717, 1.165) is 5.56 Å². The lowest BCUT2D eigenvalue weighted by Crippen LogP contribution is -2.16. The largest absolute Gasteiger partial charge is 0.366 e. The quantitative estimate of drug-likeness (QED) is 0.837. The van der Waals surface area contributed by atoms with Crippen LogP contribution in [0.3, 0.4) is 0 Å². The molecule has 0 aliphatic carbocycles. The Labute approximate surface area is 101 Å². The highest BCUT2D eigenvalue weighted by molar-refractivity contribution is 5.96. The third kappa shape index (κ3) is 3.90. The molecule has 0 atom stereocenters. The normalized spacial score (nSPS) is 10.4. The fraction of sp³-hybridized carbons (Fsp3) is 0.385. The average Bonchev–Trinajstić information content (AvgIpc) is 2.19. The van der Waals surface area contributed by atoms with E-state index in [0.29, 0.717) is 23.6 Å². The van der Waals surface area contributed by atoms with Crippen molar-refractivity contribution in [3.63, 3.8) is 0 Å². The van der Waals surface area contributed by atoms with E-state index in [2.05, 4.69) is 5.32 Å². The molecular weight excluding hydrogens is 216 g/mol. The number of carbonyl (C=O) groups is 2. The van der Waals surface area contributed by atoms with Crippen molar-refractivity contribution in [1.82, 2.24) is 0 Å². The molecule has 0 aliphatic heterocycles. The van der Waals surface area contributed by atoms with Crippen LogP contribution in [0.4, 0.5) is 5.69 Å². The number of rotatable bonds is 4. The Morgan fingerprint density at radius 1 is 1.35 bits per heavy atom. The number of anilines is 1. The lowest BCUT2D eigenvalue weighted by atomic mass is 10.1. The Hall–Kier alpha value is -1.84. The summed E-state index contributed by atoms with van der Waals surface area (Å²) in [6.07, 6.45) is 0.459. The van der Waals surface area contributed by atoms with Crippen LogP contribution in [0.15, 0.2) is 18.2 Å². The molecule has 0 saturated heterocycles. The first-order valence-electron chi connectivity index (χ1n) is 5.60. The molecular formula is C13H18N2O2. The molecule has 17 heavy (non-hydrogen) atoms. The van der Waals surface area contributed by atoms with Crippen LogP contribution in [0.25, 0.3) is 0 Å². The number of nitrogens with two attached hydrogens (primary N) is 1. The zero-order valence-electron chi connectivity index (χ0n) is 10.4. The molecule has 3 N–H and O–H groups in total. The second kappa shape index (κ2) is 5.48. The standard InChI is InChI=1S/C13H18N2O2/c1-8(2)6-12(16)15-11-7-10(13(14)17)5-4-9(11)3/h4-5,7-8H,6H2,1-3H3,(H2,14,17)(H,15,16). The molecule has 0 radical (unpaired) electrons. The van der Waals surface area contributed by atoms with E-state index in [1.807, 2.05) is 20.8 Å². The topological polar surface area (TPSA) is 72.2 Å². The number of nitrogens with one attached hydrogen (secondary N) is 1. The van der Waals surface area contributed by atoms with Gasteiger partial charge in [0.2, 0.25) is 11.8 Å². The number of hydrogen-bond donors (Lipinski definition) is 2. The third-order valence-corrected chi connectivity index (χ3v) is 2.39. The second-order valence-electron chi connectivity index (χ2n) is 4.54. The van der Waals surface area contributed by atoms with E-state index in [1.54, 1.807) is 18.2 Å². The molecule has 4 nitrogen and oxygen atoms in total. The molecule has 0 spiro atoms. The Kier molecular flexibility index (Phi) is 4.26. The molecule has 0 aliphatic rings. The minimum absolute atomic E-state index is 0.0512. The zero-order valence-corrected chi connectivity index (χ0v) is 10.4. The molecule has 0 unspecified atom stereocenters. The van der Waals surface area contributed by atoms with Gasteiger partial charge in [-0.25, -0.2) is 0 Å². The van der Waals surface area contributed by atoms with Gasteiger partial charge in [0.25, 0.3) is 0 Å². The number of hydrogen-bond acceptors (Lipinski definition) is 2. The van der Waals surface area contributed by atoms with Gasteiger partial charge in [-0.05, 0) is 30.5 Å². The molecule has 0 heterocycles. The van der Waals surface area contributed by atoms with Crippen LogP contribution in [0.2, 0.25) is 0 Å². The van der Waals surface area contributed by atoms with Gasteiger partial charge in [0.05, 0.1) is 0 Å². The van der Waals surface area contributed by atoms with E-state index in [1.165, 1.54) is 0 Å². The van der Waals surface area contributed by atoms with Gasteiger partial charge < -0.3 is 11.1 Å². The summed E-state index contributed by atoms with van der Waals surface area (Å²) < 4.78 is 0. The molecule has 0 aromatic heterocycles. The number of carbonyl (C=O) groups excluding carboxylic acids is 2. The Balaban J connectivity index is 2.86. The van der Waals surface area contributed by atoms with Crippen LogP contribution < -0.4 is 11.1 Å². The fourth-order valence-electron chi connectivity index (χ4n) is 1.48. The average molecular weight is 234 g/mol. The van der Waals surface area contributed by atoms with Crippen molar-refractivity contribution in [3.05, 3.63) is 29.3 Å². The van der Waals surface area contributed by atoms with Crippen LogP contribution in [0.1, 0.15) is 36.2 Å². The lowest BCUT2D eigenvalue weighted by molar-refractivity contribution is -0.116. The molecule has 1 aromatic carbocycles. The van der Waals surface area contributed by atoms with Crippen molar-refractivity contribution in [1.29, 1.82) is 0 Å². The van der Waals surface area contributed by atoms with Crippen LogP contribution >= 0.6 is 0 Å². The van der Waals surface area contributed by atoms with E-state index in [9.17, 15) is 9.59 Å². The molecule has 0 bridgehead atoms. The first-order chi connectivity index (χ1) is 7.90. The highest BCUT2D eigenvalue weighted by atomic mass is 16.2. The van der Waals surface area contributed by atoms with Gasteiger partial charge in [-0.3, -0.25) is 9.59 Å². The number of benzene rings is 1. The molecule has 4 heteroatoms. The van der Waals surface area contributed by atoms with Crippen molar-refractivity contribution in [2.45, 2.75) is 27.2 Å². The lowest BCUT2D eigenvalue weighted by Gasteiger charge is -2.10. The molecule has 0 fully saturated rings.